The van der Waals surface area contributed by atoms with Gasteiger partial charge in [0.05, 0.1) is 25.7 Å². The zero-order valence-electron chi connectivity index (χ0n) is 16.7. The second-order valence-electron chi connectivity index (χ2n) is 7.18. The number of carbonyl (C=O) groups is 1. The molecule has 3 rings (SSSR count). The number of likely N-dealkylation sites (N-methyl/N-ethyl adjacent to an activating group) is 1. The molecule has 3 N–H and O–H groups in total. The van der Waals surface area contributed by atoms with Crippen LogP contribution in [0.1, 0.15) is 30.1 Å². The number of amides is 1. The number of hydrogen-bond donors (Lipinski definition) is 3. The zero-order chi connectivity index (χ0) is 21.1. The van der Waals surface area contributed by atoms with E-state index >= 15 is 0 Å². The smallest absolute Gasteiger partial charge is 0.229 e. The number of phenols is 2. The van der Waals surface area contributed by atoms with Gasteiger partial charge in [0.25, 0.3) is 0 Å². The molecule has 0 aliphatic rings. The van der Waals surface area contributed by atoms with Crippen molar-refractivity contribution in [2.45, 2.75) is 18.9 Å². The molecule has 0 aliphatic carbocycles. The third-order valence-corrected chi connectivity index (χ3v) is 5.15. The molecule has 0 aliphatic heterocycles. The number of hydrogen-bond acceptors (Lipinski definition) is 5. The molecule has 0 aromatic heterocycles. The number of benzene rings is 3. The summed E-state index contributed by atoms with van der Waals surface area (Å²) in [6, 6.07) is 15.8. The van der Waals surface area contributed by atoms with Crippen LogP contribution in [0.2, 0.25) is 0 Å². The summed E-state index contributed by atoms with van der Waals surface area (Å²) in [5.41, 5.74) is 1.31. The molecule has 3 aromatic rings. The van der Waals surface area contributed by atoms with Gasteiger partial charge in [-0.15, -0.1) is 0 Å². The Kier molecular flexibility index (Phi) is 5.94. The molecule has 0 saturated heterocycles. The quantitative estimate of drug-likeness (QED) is 0.555. The van der Waals surface area contributed by atoms with Gasteiger partial charge in [0.2, 0.25) is 5.91 Å². The van der Waals surface area contributed by atoms with Crippen LogP contribution in [0, 0.1) is 0 Å². The van der Waals surface area contributed by atoms with Crippen molar-refractivity contribution in [2.24, 2.45) is 0 Å². The second-order valence-corrected chi connectivity index (χ2v) is 7.18. The fourth-order valence-electron chi connectivity index (χ4n) is 3.31. The molecule has 0 saturated carbocycles. The van der Waals surface area contributed by atoms with Gasteiger partial charge in [-0.05, 0) is 53.1 Å². The van der Waals surface area contributed by atoms with Gasteiger partial charge in [0.15, 0.2) is 11.5 Å². The van der Waals surface area contributed by atoms with Crippen LogP contribution in [0.4, 0.5) is 0 Å². The lowest BCUT2D eigenvalue weighted by molar-refractivity contribution is -0.132. The van der Waals surface area contributed by atoms with E-state index in [-0.39, 0.29) is 29.9 Å². The highest BCUT2D eigenvalue weighted by Gasteiger charge is 2.22. The molecule has 6 nitrogen and oxygen atoms in total. The van der Waals surface area contributed by atoms with Crippen molar-refractivity contribution in [3.05, 3.63) is 65.7 Å². The van der Waals surface area contributed by atoms with Crippen molar-refractivity contribution < 1.29 is 24.9 Å². The maximum Gasteiger partial charge on any atom is 0.229 e. The molecule has 2 atom stereocenters. The predicted octanol–water partition coefficient (Wildman–Crippen LogP) is 3.56. The first-order chi connectivity index (χ1) is 13.8. The SMILES string of the molecule is COc1ccc2cc(C(C)C(=O)N(C)CC(O)c3ccc(O)c(O)c3)ccc2c1. The first kappa shape index (κ1) is 20.5. The molecule has 0 heterocycles. The van der Waals surface area contributed by atoms with Gasteiger partial charge < -0.3 is 25.0 Å². The highest BCUT2D eigenvalue weighted by molar-refractivity contribution is 5.88. The fraction of sp³-hybridized carbons (Fsp3) is 0.261. The summed E-state index contributed by atoms with van der Waals surface area (Å²) in [7, 11) is 3.26. The van der Waals surface area contributed by atoms with E-state index in [9.17, 15) is 20.1 Å². The minimum Gasteiger partial charge on any atom is -0.504 e. The summed E-state index contributed by atoms with van der Waals surface area (Å²) in [5, 5.41) is 31.4. The van der Waals surface area contributed by atoms with Gasteiger partial charge in [-0.1, -0.05) is 30.3 Å². The number of aromatic hydroxyl groups is 2. The van der Waals surface area contributed by atoms with Crippen molar-refractivity contribution in [3.8, 4) is 17.2 Å². The van der Waals surface area contributed by atoms with Crippen LogP contribution in [-0.2, 0) is 4.79 Å². The highest BCUT2D eigenvalue weighted by Crippen LogP contribution is 2.29. The number of ether oxygens (including phenoxy) is 1. The average Bonchev–Trinajstić information content (AvgIpc) is 2.73. The number of carbonyl (C=O) groups excluding carboxylic acids is 1. The van der Waals surface area contributed by atoms with Crippen LogP contribution in [0.15, 0.2) is 54.6 Å². The number of fused-ring (bicyclic) bond motifs is 1. The number of methoxy groups -OCH3 is 1. The number of aliphatic hydroxyl groups is 1. The maximum absolute atomic E-state index is 12.9. The lowest BCUT2D eigenvalue weighted by atomic mass is 9.96. The van der Waals surface area contributed by atoms with Crippen molar-refractivity contribution in [2.75, 3.05) is 20.7 Å². The van der Waals surface area contributed by atoms with Crippen LogP contribution in [-0.4, -0.2) is 46.8 Å². The third kappa shape index (κ3) is 4.43. The van der Waals surface area contributed by atoms with Gasteiger partial charge >= 0.3 is 0 Å². The van der Waals surface area contributed by atoms with Gasteiger partial charge in [-0.3, -0.25) is 4.79 Å². The minimum absolute atomic E-state index is 0.0676. The number of aliphatic hydroxyl groups excluding tert-OH is 1. The molecule has 0 fully saturated rings. The molecule has 6 heteroatoms. The van der Waals surface area contributed by atoms with E-state index in [0.29, 0.717) is 5.56 Å². The monoisotopic (exact) mass is 395 g/mol. The molecule has 152 valence electrons. The van der Waals surface area contributed by atoms with E-state index in [1.54, 1.807) is 14.2 Å². The Morgan fingerprint density at radius 3 is 2.31 bits per heavy atom. The molecule has 0 bridgehead atoms. The standard InChI is InChI=1S/C23H25NO5/c1-14(15-4-5-17-11-19(29-3)8-6-16(17)10-15)23(28)24(2)13-22(27)18-7-9-20(25)21(26)12-18/h4-12,14,22,25-27H,13H2,1-3H3. The summed E-state index contributed by atoms with van der Waals surface area (Å²) in [6.45, 7) is 1.90. The number of rotatable bonds is 6. The van der Waals surface area contributed by atoms with Crippen molar-refractivity contribution in [3.63, 3.8) is 0 Å². The number of nitrogens with zero attached hydrogens (tertiary/aromatic N) is 1. The van der Waals surface area contributed by atoms with E-state index < -0.39 is 6.10 Å². The second kappa shape index (κ2) is 8.41. The Bertz CT molecular complexity index is 1030. The topological polar surface area (TPSA) is 90.2 Å². The summed E-state index contributed by atoms with van der Waals surface area (Å²) in [6.07, 6.45) is -0.980. The molecular formula is C23H25NO5. The maximum atomic E-state index is 12.9. The zero-order valence-corrected chi connectivity index (χ0v) is 16.7. The Balaban J connectivity index is 1.72. The Morgan fingerprint density at radius 2 is 1.62 bits per heavy atom. The van der Waals surface area contributed by atoms with E-state index in [1.807, 2.05) is 43.3 Å². The van der Waals surface area contributed by atoms with Crippen LogP contribution < -0.4 is 4.74 Å². The Labute approximate surface area is 169 Å². The summed E-state index contributed by atoms with van der Waals surface area (Å²) in [4.78, 5) is 14.3. The lowest BCUT2D eigenvalue weighted by Gasteiger charge is -2.24. The summed E-state index contributed by atoms with van der Waals surface area (Å²) in [5.74, 6) is -0.292. The molecule has 2 unspecified atom stereocenters. The van der Waals surface area contributed by atoms with Crippen molar-refractivity contribution in [1.29, 1.82) is 0 Å². The predicted molar refractivity (Wildman–Crippen MR) is 111 cm³/mol. The van der Waals surface area contributed by atoms with Gasteiger partial charge in [0.1, 0.15) is 5.75 Å². The summed E-state index contributed by atoms with van der Waals surface area (Å²) < 4.78 is 5.24. The molecule has 29 heavy (non-hydrogen) atoms. The van der Waals surface area contributed by atoms with Crippen molar-refractivity contribution >= 4 is 16.7 Å². The molecule has 0 spiro atoms. The highest BCUT2D eigenvalue weighted by atomic mass is 16.5. The van der Waals surface area contributed by atoms with Gasteiger partial charge in [0, 0.05) is 7.05 Å². The van der Waals surface area contributed by atoms with E-state index in [4.69, 9.17) is 4.74 Å². The van der Waals surface area contributed by atoms with Crippen LogP contribution in [0.5, 0.6) is 17.2 Å². The molecular weight excluding hydrogens is 370 g/mol. The largest absolute Gasteiger partial charge is 0.504 e. The lowest BCUT2D eigenvalue weighted by Crippen LogP contribution is -2.34. The van der Waals surface area contributed by atoms with Crippen LogP contribution in [0.3, 0.4) is 0 Å². The van der Waals surface area contributed by atoms with Gasteiger partial charge in [-0.2, -0.15) is 0 Å². The van der Waals surface area contributed by atoms with E-state index in [0.717, 1.165) is 22.1 Å². The number of phenolic OH excluding ortho intramolecular Hbond substituents is 2. The van der Waals surface area contributed by atoms with Crippen LogP contribution in [0.25, 0.3) is 10.8 Å². The third-order valence-electron chi connectivity index (χ3n) is 5.15. The van der Waals surface area contributed by atoms with Gasteiger partial charge in [-0.25, -0.2) is 0 Å². The van der Waals surface area contributed by atoms with Crippen molar-refractivity contribution in [1.82, 2.24) is 4.90 Å². The summed E-state index contributed by atoms with van der Waals surface area (Å²) >= 11 is 0. The normalized spacial score (nSPS) is 13.1. The fourth-order valence-corrected chi connectivity index (χ4v) is 3.31. The Hall–Kier alpha value is -3.25. The molecule has 3 aromatic carbocycles. The minimum atomic E-state index is -0.980. The molecule has 0 radical (unpaired) electrons. The first-order valence-electron chi connectivity index (χ1n) is 9.32. The van der Waals surface area contributed by atoms with E-state index in [1.165, 1.54) is 23.1 Å². The average molecular weight is 395 g/mol. The van der Waals surface area contributed by atoms with E-state index in [2.05, 4.69) is 0 Å². The first-order valence-corrected chi connectivity index (χ1v) is 9.32. The Morgan fingerprint density at radius 1 is 0.966 bits per heavy atom. The van der Waals surface area contributed by atoms with Crippen LogP contribution >= 0.6 is 0 Å². The molecule has 1 amide bonds.